The number of rotatable bonds is 11. The molecule has 1 rings (SSSR count). The highest BCUT2D eigenvalue weighted by atomic mass is 32.2. The number of carbonyl (C=O) groups is 2. The van der Waals surface area contributed by atoms with Gasteiger partial charge >= 0.3 is 12.1 Å². The van der Waals surface area contributed by atoms with Crippen LogP contribution in [0.3, 0.4) is 0 Å². The van der Waals surface area contributed by atoms with E-state index < -0.39 is 12.1 Å². The molecule has 0 bridgehead atoms. The Hall–Kier alpha value is -1.99. The van der Waals surface area contributed by atoms with Gasteiger partial charge in [-0.15, -0.1) is 11.8 Å². The van der Waals surface area contributed by atoms with Crippen LogP contribution >= 0.6 is 11.8 Å². The molecule has 0 radical (unpaired) electrons. The van der Waals surface area contributed by atoms with Crippen LogP contribution in [0, 0.1) is 0 Å². The monoisotopic (exact) mass is 381 g/mol. The maximum absolute atomic E-state index is 11.9. The topological polar surface area (TPSA) is 73.9 Å². The van der Waals surface area contributed by atoms with E-state index in [0.29, 0.717) is 17.9 Å². The SMILES string of the molecule is C=C(C)C(=O)OCCNC(=O)OC(COC(C)C)CSc1ccccc1. The highest BCUT2D eigenvalue weighted by Crippen LogP contribution is 2.19. The van der Waals surface area contributed by atoms with Crippen molar-refractivity contribution in [2.75, 3.05) is 25.5 Å². The molecule has 0 saturated carbocycles. The lowest BCUT2D eigenvalue weighted by atomic mass is 10.4. The first-order valence-electron chi connectivity index (χ1n) is 8.45. The van der Waals surface area contributed by atoms with Gasteiger partial charge in [0, 0.05) is 16.2 Å². The molecule has 26 heavy (non-hydrogen) atoms. The van der Waals surface area contributed by atoms with Gasteiger partial charge in [0.2, 0.25) is 0 Å². The van der Waals surface area contributed by atoms with Crippen molar-refractivity contribution in [3.63, 3.8) is 0 Å². The molecule has 0 aliphatic heterocycles. The van der Waals surface area contributed by atoms with E-state index in [9.17, 15) is 9.59 Å². The van der Waals surface area contributed by atoms with Crippen molar-refractivity contribution in [1.82, 2.24) is 5.32 Å². The molecule has 1 unspecified atom stereocenters. The largest absolute Gasteiger partial charge is 0.460 e. The number of ether oxygens (including phenoxy) is 3. The van der Waals surface area contributed by atoms with Gasteiger partial charge in [-0.1, -0.05) is 24.8 Å². The second kappa shape index (κ2) is 12.4. The molecule has 7 heteroatoms. The summed E-state index contributed by atoms with van der Waals surface area (Å²) < 4.78 is 15.9. The van der Waals surface area contributed by atoms with Gasteiger partial charge in [-0.25, -0.2) is 9.59 Å². The van der Waals surface area contributed by atoms with Gasteiger partial charge < -0.3 is 19.5 Å². The third-order valence-corrected chi connectivity index (χ3v) is 4.17. The second-order valence-corrected chi connectivity index (χ2v) is 6.97. The summed E-state index contributed by atoms with van der Waals surface area (Å²) in [6, 6.07) is 9.87. The number of amides is 1. The van der Waals surface area contributed by atoms with Gasteiger partial charge in [0.05, 0.1) is 19.3 Å². The summed E-state index contributed by atoms with van der Waals surface area (Å²) in [4.78, 5) is 24.3. The molecule has 0 aromatic heterocycles. The maximum atomic E-state index is 11.9. The number of thioether (sulfide) groups is 1. The van der Waals surface area contributed by atoms with E-state index in [2.05, 4.69) is 11.9 Å². The quantitative estimate of drug-likeness (QED) is 0.274. The molecule has 1 aromatic carbocycles. The Morgan fingerprint density at radius 1 is 1.23 bits per heavy atom. The van der Waals surface area contributed by atoms with E-state index >= 15 is 0 Å². The predicted molar refractivity (Wildman–Crippen MR) is 102 cm³/mol. The van der Waals surface area contributed by atoms with Crippen LogP contribution in [0.1, 0.15) is 20.8 Å². The minimum atomic E-state index is -0.567. The van der Waals surface area contributed by atoms with E-state index in [0.717, 1.165) is 4.90 Å². The van der Waals surface area contributed by atoms with Crippen LogP contribution < -0.4 is 5.32 Å². The van der Waals surface area contributed by atoms with E-state index in [1.807, 2.05) is 44.2 Å². The van der Waals surface area contributed by atoms with Gasteiger partial charge in [-0.3, -0.25) is 0 Å². The summed E-state index contributed by atoms with van der Waals surface area (Å²) in [5.41, 5.74) is 0.316. The minimum absolute atomic E-state index is 0.0486. The minimum Gasteiger partial charge on any atom is -0.460 e. The van der Waals surface area contributed by atoms with Crippen LogP contribution in [0.5, 0.6) is 0 Å². The van der Waals surface area contributed by atoms with Crippen molar-refractivity contribution in [2.45, 2.75) is 37.9 Å². The van der Waals surface area contributed by atoms with Crippen LogP contribution in [-0.4, -0.2) is 49.8 Å². The lowest BCUT2D eigenvalue weighted by Gasteiger charge is -2.19. The van der Waals surface area contributed by atoms with Crippen LogP contribution in [-0.2, 0) is 19.0 Å². The number of hydrogen-bond acceptors (Lipinski definition) is 6. The summed E-state index contributed by atoms with van der Waals surface area (Å²) in [5, 5.41) is 2.56. The van der Waals surface area contributed by atoms with Crippen molar-refractivity contribution in [3.05, 3.63) is 42.5 Å². The molecule has 6 nitrogen and oxygen atoms in total. The zero-order valence-electron chi connectivity index (χ0n) is 15.5. The number of hydrogen-bond donors (Lipinski definition) is 1. The normalized spacial score (nSPS) is 11.7. The van der Waals surface area contributed by atoms with Gasteiger partial charge in [0.15, 0.2) is 0 Å². The fourth-order valence-electron chi connectivity index (χ4n) is 1.73. The van der Waals surface area contributed by atoms with E-state index in [1.165, 1.54) is 0 Å². The molecule has 0 aliphatic rings. The molecular weight excluding hydrogens is 354 g/mol. The van der Waals surface area contributed by atoms with Crippen LogP contribution in [0.25, 0.3) is 0 Å². The zero-order chi connectivity index (χ0) is 19.4. The first-order valence-corrected chi connectivity index (χ1v) is 9.43. The van der Waals surface area contributed by atoms with E-state index in [4.69, 9.17) is 14.2 Å². The smallest absolute Gasteiger partial charge is 0.407 e. The number of carbonyl (C=O) groups excluding carboxylic acids is 2. The molecule has 0 heterocycles. The number of esters is 1. The number of benzene rings is 1. The van der Waals surface area contributed by atoms with Crippen molar-refractivity contribution in [2.24, 2.45) is 0 Å². The number of alkyl carbamates (subject to hydrolysis) is 1. The van der Waals surface area contributed by atoms with Crippen LogP contribution in [0.4, 0.5) is 4.79 Å². The maximum Gasteiger partial charge on any atom is 0.407 e. The molecule has 0 fully saturated rings. The fraction of sp³-hybridized carbons (Fsp3) is 0.474. The molecule has 1 atom stereocenters. The third kappa shape index (κ3) is 10.1. The molecular formula is C19H27NO5S. The highest BCUT2D eigenvalue weighted by Gasteiger charge is 2.16. The van der Waals surface area contributed by atoms with Crippen molar-refractivity contribution < 1.29 is 23.8 Å². The first kappa shape index (κ1) is 22.1. The summed E-state index contributed by atoms with van der Waals surface area (Å²) in [5.74, 6) is 0.0945. The summed E-state index contributed by atoms with van der Waals surface area (Å²) in [6.07, 6.45) is -0.907. The second-order valence-electron chi connectivity index (χ2n) is 5.88. The highest BCUT2D eigenvalue weighted by molar-refractivity contribution is 7.99. The van der Waals surface area contributed by atoms with Crippen molar-refractivity contribution in [1.29, 1.82) is 0 Å². The Balaban J connectivity index is 2.39. The Morgan fingerprint density at radius 3 is 2.54 bits per heavy atom. The van der Waals surface area contributed by atoms with Gasteiger partial charge in [0.1, 0.15) is 12.7 Å². The molecule has 1 aromatic rings. The van der Waals surface area contributed by atoms with Gasteiger partial charge in [-0.2, -0.15) is 0 Å². The summed E-state index contributed by atoms with van der Waals surface area (Å²) >= 11 is 1.59. The van der Waals surface area contributed by atoms with Gasteiger partial charge in [-0.05, 0) is 32.9 Å². The van der Waals surface area contributed by atoms with Gasteiger partial charge in [0.25, 0.3) is 0 Å². The van der Waals surface area contributed by atoms with Crippen molar-refractivity contribution in [3.8, 4) is 0 Å². The Morgan fingerprint density at radius 2 is 1.92 bits per heavy atom. The summed E-state index contributed by atoms with van der Waals surface area (Å²) in [7, 11) is 0. The summed E-state index contributed by atoms with van der Waals surface area (Å²) in [6.45, 7) is 9.45. The Kier molecular flexibility index (Phi) is 10.5. The Labute approximate surface area is 159 Å². The average Bonchev–Trinajstić information content (AvgIpc) is 2.61. The standard InChI is InChI=1S/C19H27NO5S/c1-14(2)18(21)23-11-10-20-19(22)25-16(12-24-15(3)4)13-26-17-8-6-5-7-9-17/h5-9,15-16H,1,10-13H2,2-4H3,(H,20,22). The first-order chi connectivity index (χ1) is 12.4. The molecule has 0 saturated heterocycles. The lowest BCUT2D eigenvalue weighted by molar-refractivity contribution is -0.138. The predicted octanol–water partition coefficient (Wildman–Crippen LogP) is 3.42. The van der Waals surface area contributed by atoms with E-state index in [-0.39, 0.29) is 25.4 Å². The number of nitrogens with one attached hydrogen (secondary N) is 1. The average molecular weight is 381 g/mol. The van der Waals surface area contributed by atoms with Crippen LogP contribution in [0.2, 0.25) is 0 Å². The Bertz CT molecular complexity index is 577. The fourth-order valence-corrected chi connectivity index (χ4v) is 2.63. The lowest BCUT2D eigenvalue weighted by Crippen LogP contribution is -2.35. The van der Waals surface area contributed by atoms with Crippen LogP contribution in [0.15, 0.2) is 47.4 Å². The molecule has 0 aliphatic carbocycles. The molecule has 1 N–H and O–H groups in total. The third-order valence-electron chi connectivity index (χ3n) is 3.02. The zero-order valence-corrected chi connectivity index (χ0v) is 16.3. The molecule has 1 amide bonds. The molecule has 0 spiro atoms. The van der Waals surface area contributed by atoms with E-state index in [1.54, 1.807) is 18.7 Å². The van der Waals surface area contributed by atoms with Crippen molar-refractivity contribution >= 4 is 23.8 Å². The molecule has 144 valence electrons.